The number of amides is 2. The zero-order valence-corrected chi connectivity index (χ0v) is 15.4. The molecule has 0 radical (unpaired) electrons. The highest BCUT2D eigenvalue weighted by Crippen LogP contribution is 2.21. The first-order valence-electron chi connectivity index (χ1n) is 9.25. The molecule has 2 aromatic rings. The molecule has 0 aromatic heterocycles. The topological polar surface area (TPSA) is 78.7 Å². The Balaban J connectivity index is 1.48. The molecule has 1 saturated heterocycles. The average molecular weight is 366 g/mol. The lowest BCUT2D eigenvalue weighted by Gasteiger charge is -2.38. The van der Waals surface area contributed by atoms with Gasteiger partial charge in [0, 0.05) is 32.7 Å². The molecule has 0 bridgehead atoms. The summed E-state index contributed by atoms with van der Waals surface area (Å²) in [7, 11) is 0. The maximum absolute atomic E-state index is 12.2. The number of primary amides is 1. The predicted molar refractivity (Wildman–Crippen MR) is 105 cm³/mol. The molecular weight excluding hydrogens is 340 g/mol. The molecule has 2 amide bonds. The molecule has 0 unspecified atom stereocenters. The van der Waals surface area contributed by atoms with Crippen LogP contribution in [0.1, 0.15) is 17.2 Å². The van der Waals surface area contributed by atoms with Crippen LogP contribution in [0.3, 0.4) is 0 Å². The molecule has 142 valence electrons. The quantitative estimate of drug-likeness (QED) is 0.770. The first kappa shape index (κ1) is 19.1. The van der Waals surface area contributed by atoms with E-state index in [-0.39, 0.29) is 11.8 Å². The van der Waals surface area contributed by atoms with E-state index in [1.54, 1.807) is 0 Å². The predicted octanol–water partition coefficient (Wildman–Crippen LogP) is 1.15. The molecule has 0 aliphatic carbocycles. The summed E-state index contributed by atoms with van der Waals surface area (Å²) in [6, 6.07) is 19.1. The normalized spacial score (nSPS) is 16.6. The number of nitrogens with zero attached hydrogens (tertiary/aromatic N) is 2. The summed E-state index contributed by atoms with van der Waals surface area (Å²) in [5, 5.41) is 2.96. The minimum atomic E-state index is -0.416. The van der Waals surface area contributed by atoms with Crippen LogP contribution in [0.15, 0.2) is 60.7 Å². The van der Waals surface area contributed by atoms with Gasteiger partial charge in [0.1, 0.15) is 6.04 Å². The Bertz CT molecular complexity index is 743. The second-order valence-electron chi connectivity index (χ2n) is 6.79. The molecule has 27 heavy (non-hydrogen) atoms. The highest BCUT2D eigenvalue weighted by Gasteiger charge is 2.29. The van der Waals surface area contributed by atoms with Crippen molar-refractivity contribution in [2.45, 2.75) is 12.6 Å². The lowest BCUT2D eigenvalue weighted by molar-refractivity contribution is -0.126. The van der Waals surface area contributed by atoms with Crippen molar-refractivity contribution in [3.05, 3.63) is 71.8 Å². The minimum absolute atomic E-state index is 0.0156. The van der Waals surface area contributed by atoms with Crippen LogP contribution < -0.4 is 11.1 Å². The van der Waals surface area contributed by atoms with Gasteiger partial charge in [-0.3, -0.25) is 19.4 Å². The van der Waals surface area contributed by atoms with Crippen molar-refractivity contribution in [3.8, 4) is 0 Å². The third kappa shape index (κ3) is 5.39. The zero-order chi connectivity index (χ0) is 19.1. The third-order valence-corrected chi connectivity index (χ3v) is 4.86. The molecule has 3 rings (SSSR count). The van der Waals surface area contributed by atoms with Crippen LogP contribution in [0.5, 0.6) is 0 Å². The van der Waals surface area contributed by atoms with Crippen LogP contribution in [-0.4, -0.2) is 54.3 Å². The van der Waals surface area contributed by atoms with Crippen molar-refractivity contribution in [3.63, 3.8) is 0 Å². The largest absolute Gasteiger partial charge is 0.368 e. The van der Waals surface area contributed by atoms with E-state index in [1.807, 2.05) is 60.7 Å². The molecule has 3 N–H and O–H groups in total. The SMILES string of the molecule is NC(=O)[C@@H](c1ccccc1)N1CCN(CC(=O)NCc2ccccc2)CC1. The van der Waals surface area contributed by atoms with Crippen molar-refractivity contribution in [1.82, 2.24) is 15.1 Å². The fraction of sp³-hybridized carbons (Fsp3) is 0.333. The van der Waals surface area contributed by atoms with Gasteiger partial charge in [0.25, 0.3) is 0 Å². The fourth-order valence-corrected chi connectivity index (χ4v) is 3.43. The van der Waals surface area contributed by atoms with E-state index in [0.717, 1.165) is 24.2 Å². The summed E-state index contributed by atoms with van der Waals surface area (Å²) in [5.74, 6) is -0.322. The van der Waals surface area contributed by atoms with E-state index in [4.69, 9.17) is 5.73 Å². The van der Waals surface area contributed by atoms with Gasteiger partial charge in [-0.15, -0.1) is 0 Å². The Morgan fingerprint density at radius 1 is 0.926 bits per heavy atom. The van der Waals surface area contributed by atoms with Gasteiger partial charge >= 0.3 is 0 Å². The first-order chi connectivity index (χ1) is 13.1. The highest BCUT2D eigenvalue weighted by molar-refractivity contribution is 5.81. The number of benzene rings is 2. The Hall–Kier alpha value is -2.70. The number of rotatable bonds is 7. The summed E-state index contributed by atoms with van der Waals surface area (Å²) in [6.45, 7) is 3.78. The summed E-state index contributed by atoms with van der Waals surface area (Å²) in [6.07, 6.45) is 0. The summed E-state index contributed by atoms with van der Waals surface area (Å²) < 4.78 is 0. The van der Waals surface area contributed by atoms with E-state index >= 15 is 0 Å². The van der Waals surface area contributed by atoms with Gasteiger partial charge in [0.2, 0.25) is 11.8 Å². The molecule has 1 aliphatic heterocycles. The smallest absolute Gasteiger partial charge is 0.239 e. The van der Waals surface area contributed by atoms with Gasteiger partial charge in [-0.25, -0.2) is 0 Å². The number of hydrogen-bond acceptors (Lipinski definition) is 4. The van der Waals surface area contributed by atoms with Crippen molar-refractivity contribution < 1.29 is 9.59 Å². The maximum atomic E-state index is 12.2. The summed E-state index contributed by atoms with van der Waals surface area (Å²) >= 11 is 0. The van der Waals surface area contributed by atoms with E-state index in [1.165, 1.54) is 0 Å². The van der Waals surface area contributed by atoms with E-state index in [0.29, 0.717) is 26.2 Å². The number of carbonyl (C=O) groups is 2. The molecule has 6 nitrogen and oxygen atoms in total. The van der Waals surface area contributed by atoms with Crippen molar-refractivity contribution >= 4 is 11.8 Å². The number of nitrogens with two attached hydrogens (primary N) is 1. The molecule has 1 atom stereocenters. The molecular formula is C21H26N4O2. The number of piperazine rings is 1. The monoisotopic (exact) mass is 366 g/mol. The molecule has 0 saturated carbocycles. The molecule has 1 heterocycles. The van der Waals surface area contributed by atoms with Gasteiger partial charge in [0.05, 0.1) is 6.54 Å². The maximum Gasteiger partial charge on any atom is 0.239 e. The van der Waals surface area contributed by atoms with Crippen molar-refractivity contribution in [2.75, 3.05) is 32.7 Å². The molecule has 2 aromatic carbocycles. The Labute approximate surface area is 159 Å². The molecule has 6 heteroatoms. The third-order valence-electron chi connectivity index (χ3n) is 4.86. The first-order valence-corrected chi connectivity index (χ1v) is 9.25. The van der Waals surface area contributed by atoms with Crippen LogP contribution in [-0.2, 0) is 16.1 Å². The molecule has 1 fully saturated rings. The van der Waals surface area contributed by atoms with Gasteiger partial charge in [-0.1, -0.05) is 60.7 Å². The van der Waals surface area contributed by atoms with Crippen LogP contribution in [0, 0.1) is 0 Å². The number of hydrogen-bond donors (Lipinski definition) is 2. The van der Waals surface area contributed by atoms with Gasteiger partial charge in [-0.05, 0) is 11.1 Å². The van der Waals surface area contributed by atoms with Crippen LogP contribution >= 0.6 is 0 Å². The number of nitrogens with one attached hydrogen (secondary N) is 1. The minimum Gasteiger partial charge on any atom is -0.368 e. The molecule has 1 aliphatic rings. The van der Waals surface area contributed by atoms with Crippen molar-refractivity contribution in [2.24, 2.45) is 5.73 Å². The summed E-state index contributed by atoms with van der Waals surface area (Å²) in [4.78, 5) is 28.4. The van der Waals surface area contributed by atoms with Crippen LogP contribution in [0.25, 0.3) is 0 Å². The Morgan fingerprint density at radius 3 is 2.11 bits per heavy atom. The van der Waals surface area contributed by atoms with E-state index < -0.39 is 6.04 Å². The van der Waals surface area contributed by atoms with E-state index in [2.05, 4.69) is 15.1 Å². The Kier molecular flexibility index (Phi) is 6.57. The second kappa shape index (κ2) is 9.30. The summed E-state index contributed by atoms with van der Waals surface area (Å²) in [5.41, 5.74) is 7.65. The fourth-order valence-electron chi connectivity index (χ4n) is 3.43. The average Bonchev–Trinajstić information content (AvgIpc) is 2.69. The second-order valence-corrected chi connectivity index (χ2v) is 6.79. The van der Waals surface area contributed by atoms with Crippen LogP contribution in [0.2, 0.25) is 0 Å². The lowest BCUT2D eigenvalue weighted by atomic mass is 10.0. The van der Waals surface area contributed by atoms with E-state index in [9.17, 15) is 9.59 Å². The zero-order valence-electron chi connectivity index (χ0n) is 15.4. The Morgan fingerprint density at radius 2 is 1.52 bits per heavy atom. The van der Waals surface area contributed by atoms with Crippen molar-refractivity contribution in [1.29, 1.82) is 0 Å². The van der Waals surface area contributed by atoms with Gasteiger partial charge < -0.3 is 11.1 Å². The molecule has 0 spiro atoms. The van der Waals surface area contributed by atoms with Crippen LogP contribution in [0.4, 0.5) is 0 Å². The van der Waals surface area contributed by atoms with Gasteiger partial charge in [-0.2, -0.15) is 0 Å². The standard InChI is InChI=1S/C21H26N4O2/c22-21(27)20(18-9-5-2-6-10-18)25-13-11-24(12-14-25)16-19(26)23-15-17-7-3-1-4-8-17/h1-10,20H,11-16H2,(H2,22,27)(H,23,26)/t20-/m1/s1. The lowest BCUT2D eigenvalue weighted by Crippen LogP contribution is -2.52. The van der Waals surface area contributed by atoms with Gasteiger partial charge in [0.15, 0.2) is 0 Å². The highest BCUT2D eigenvalue weighted by atomic mass is 16.2. The number of carbonyl (C=O) groups excluding carboxylic acids is 2.